The second-order valence-electron chi connectivity index (χ2n) is 11.4. The Kier molecular flexibility index (Phi) is 15.9. The van der Waals surface area contributed by atoms with Gasteiger partial charge in [-0.2, -0.15) is 0 Å². The molecule has 1 saturated heterocycles. The number of hydrogen-bond donors (Lipinski definition) is 10. The van der Waals surface area contributed by atoms with E-state index >= 15 is 0 Å². The van der Waals surface area contributed by atoms with Crippen molar-refractivity contribution < 1.29 is 53.7 Å². The molecule has 18 nitrogen and oxygen atoms in total. The van der Waals surface area contributed by atoms with Crippen molar-refractivity contribution in [2.75, 3.05) is 6.54 Å². The lowest BCUT2D eigenvalue weighted by molar-refractivity contribution is -0.141. The molecule has 0 aromatic heterocycles. The molecule has 0 saturated carbocycles. The van der Waals surface area contributed by atoms with Crippen LogP contribution in [-0.2, 0) is 38.4 Å². The molecule has 0 aliphatic carbocycles. The predicted molar refractivity (Wildman–Crippen MR) is 156 cm³/mol. The van der Waals surface area contributed by atoms with Crippen LogP contribution in [-0.4, -0.2) is 112 Å². The number of nitrogens with two attached hydrogens (primary N) is 1. The highest BCUT2D eigenvalue weighted by Gasteiger charge is 2.34. The van der Waals surface area contributed by atoms with Crippen LogP contribution in [0.4, 0.5) is 0 Å². The van der Waals surface area contributed by atoms with E-state index in [1.54, 1.807) is 13.8 Å². The molecule has 254 valence electrons. The molecule has 0 bridgehead atoms. The Balaban J connectivity index is 2.96. The molecule has 0 radical (unpaired) electrons. The van der Waals surface area contributed by atoms with Crippen molar-refractivity contribution in [3.63, 3.8) is 0 Å². The third-order valence-electron chi connectivity index (χ3n) is 6.85. The minimum atomic E-state index is -1.62. The van der Waals surface area contributed by atoms with Crippen molar-refractivity contribution in [1.29, 1.82) is 0 Å². The normalized spacial score (nSPS) is 18.3. The number of amides is 6. The average molecular weight is 644 g/mol. The molecule has 1 aliphatic rings. The van der Waals surface area contributed by atoms with Crippen molar-refractivity contribution in [2.24, 2.45) is 11.7 Å². The van der Waals surface area contributed by atoms with Gasteiger partial charge in [-0.05, 0) is 52.0 Å². The van der Waals surface area contributed by atoms with Gasteiger partial charge in [0.05, 0.1) is 18.6 Å². The summed E-state index contributed by atoms with van der Waals surface area (Å²) in [5.74, 6) is -8.03. The minimum Gasteiger partial charge on any atom is -0.481 e. The van der Waals surface area contributed by atoms with Gasteiger partial charge in [-0.25, -0.2) is 0 Å². The summed E-state index contributed by atoms with van der Waals surface area (Å²) in [5.41, 5.74) is 5.18. The van der Waals surface area contributed by atoms with Crippen molar-refractivity contribution >= 4 is 47.4 Å². The van der Waals surface area contributed by atoms with E-state index in [1.165, 1.54) is 13.8 Å². The summed E-state index contributed by atoms with van der Waals surface area (Å²) in [6, 6.07) is -7.63. The predicted octanol–water partition coefficient (Wildman–Crippen LogP) is -3.57. The Hall–Kier alpha value is -4.32. The number of carboxylic acid groups (broad SMARTS) is 2. The van der Waals surface area contributed by atoms with Gasteiger partial charge in [-0.1, -0.05) is 13.8 Å². The van der Waals surface area contributed by atoms with E-state index in [9.17, 15) is 43.5 Å². The number of aliphatic hydroxyl groups is 1. The van der Waals surface area contributed by atoms with Crippen LogP contribution in [0.15, 0.2) is 0 Å². The largest absolute Gasteiger partial charge is 0.481 e. The zero-order chi connectivity index (χ0) is 34.4. The molecule has 11 N–H and O–H groups in total. The molecule has 7 atom stereocenters. The van der Waals surface area contributed by atoms with Crippen LogP contribution in [0.2, 0.25) is 0 Å². The highest BCUT2D eigenvalue weighted by molar-refractivity contribution is 5.97. The van der Waals surface area contributed by atoms with E-state index in [1.807, 2.05) is 0 Å². The lowest BCUT2D eigenvalue weighted by atomic mass is 10.0. The number of primary amides is 1. The van der Waals surface area contributed by atoms with Crippen LogP contribution in [0.25, 0.3) is 0 Å². The molecule has 45 heavy (non-hydrogen) atoms. The fourth-order valence-corrected chi connectivity index (χ4v) is 4.41. The van der Waals surface area contributed by atoms with Crippen molar-refractivity contribution in [3.05, 3.63) is 0 Å². The number of aliphatic hydroxyl groups excluding tert-OH is 1. The average Bonchev–Trinajstić information content (AvgIpc) is 3.47. The quantitative estimate of drug-likeness (QED) is 0.0654. The van der Waals surface area contributed by atoms with Gasteiger partial charge < -0.3 is 53.0 Å². The first-order chi connectivity index (χ1) is 20.9. The van der Waals surface area contributed by atoms with Crippen molar-refractivity contribution in [3.8, 4) is 0 Å². The molecule has 0 aromatic rings. The molecule has 18 heteroatoms. The van der Waals surface area contributed by atoms with Crippen LogP contribution < -0.4 is 37.6 Å². The van der Waals surface area contributed by atoms with Crippen LogP contribution in [0.3, 0.4) is 0 Å². The number of carbonyl (C=O) groups is 8. The van der Waals surface area contributed by atoms with Gasteiger partial charge in [-0.3, -0.25) is 38.4 Å². The van der Waals surface area contributed by atoms with Crippen LogP contribution in [0.5, 0.6) is 0 Å². The Labute approximate surface area is 260 Å². The zero-order valence-electron chi connectivity index (χ0n) is 25.8. The summed E-state index contributed by atoms with van der Waals surface area (Å²) in [6.07, 6.45) is -1.71. The lowest BCUT2D eigenvalue weighted by Crippen LogP contribution is -2.61. The second-order valence-corrected chi connectivity index (χ2v) is 11.4. The van der Waals surface area contributed by atoms with Gasteiger partial charge in [0.15, 0.2) is 0 Å². The van der Waals surface area contributed by atoms with E-state index in [2.05, 4.69) is 31.9 Å². The number of hydrogen-bond acceptors (Lipinski definition) is 10. The smallest absolute Gasteiger partial charge is 0.305 e. The fraction of sp³-hybridized carbons (Fsp3) is 0.704. The van der Waals surface area contributed by atoms with Crippen LogP contribution >= 0.6 is 0 Å². The third kappa shape index (κ3) is 13.9. The summed E-state index contributed by atoms with van der Waals surface area (Å²) in [4.78, 5) is 98.2. The number of aliphatic carboxylic acids is 2. The molecule has 6 amide bonds. The summed E-state index contributed by atoms with van der Waals surface area (Å²) >= 11 is 0. The van der Waals surface area contributed by atoms with Gasteiger partial charge in [0.2, 0.25) is 35.4 Å². The monoisotopic (exact) mass is 643 g/mol. The van der Waals surface area contributed by atoms with Crippen molar-refractivity contribution in [2.45, 2.75) is 109 Å². The molecule has 1 aliphatic heterocycles. The van der Waals surface area contributed by atoms with Crippen LogP contribution in [0.1, 0.15) is 66.2 Å². The van der Waals surface area contributed by atoms with Gasteiger partial charge in [-0.15, -0.1) is 0 Å². The lowest BCUT2D eigenvalue weighted by Gasteiger charge is -2.27. The molecular weight excluding hydrogens is 598 g/mol. The van der Waals surface area contributed by atoms with Crippen LogP contribution in [0, 0.1) is 5.92 Å². The summed E-state index contributed by atoms with van der Waals surface area (Å²) in [5, 5.41) is 43.0. The van der Waals surface area contributed by atoms with Gasteiger partial charge in [0.25, 0.3) is 0 Å². The zero-order valence-corrected chi connectivity index (χ0v) is 25.8. The number of carboxylic acids is 2. The van der Waals surface area contributed by atoms with E-state index in [0.717, 1.165) is 6.42 Å². The highest BCUT2D eigenvalue weighted by Crippen LogP contribution is 2.09. The Bertz CT molecular complexity index is 1110. The van der Waals surface area contributed by atoms with E-state index in [-0.39, 0.29) is 18.8 Å². The molecule has 0 unspecified atom stereocenters. The molecule has 1 rings (SSSR count). The molecule has 0 aromatic carbocycles. The highest BCUT2D eigenvalue weighted by atomic mass is 16.4. The number of rotatable bonds is 19. The van der Waals surface area contributed by atoms with E-state index in [0.29, 0.717) is 13.0 Å². The number of nitrogens with one attached hydrogen (secondary N) is 6. The fourth-order valence-electron chi connectivity index (χ4n) is 4.41. The Morgan fingerprint density at radius 3 is 1.87 bits per heavy atom. The maximum Gasteiger partial charge on any atom is 0.305 e. The number of carbonyl (C=O) groups excluding carboxylic acids is 6. The molecule has 0 spiro atoms. The van der Waals surface area contributed by atoms with Gasteiger partial charge in [0, 0.05) is 6.42 Å². The Morgan fingerprint density at radius 2 is 1.38 bits per heavy atom. The summed E-state index contributed by atoms with van der Waals surface area (Å²) < 4.78 is 0. The molecule has 1 fully saturated rings. The van der Waals surface area contributed by atoms with E-state index in [4.69, 9.17) is 15.9 Å². The van der Waals surface area contributed by atoms with Gasteiger partial charge >= 0.3 is 11.9 Å². The van der Waals surface area contributed by atoms with Crippen molar-refractivity contribution in [1.82, 2.24) is 31.9 Å². The topological polar surface area (TPSA) is 295 Å². The first-order valence-electron chi connectivity index (χ1n) is 14.6. The maximum atomic E-state index is 13.0. The molecule has 1 heterocycles. The standard InChI is InChI=1S/C27H45N7O11/c1-12(2)10-18(26(44)32-17(22(28)40)11-20(38)39)33-23(41)13(3)30-27(45)21(14(4)35)34-25(43)16(7-8-19(36)37)31-24(42)15-6-5-9-29-15/h12-18,21,29,35H,5-11H2,1-4H3,(H2,28,40)(H,30,45)(H,31,42)(H,32,44)(H,33,41)(H,34,43)(H,36,37)(H,38,39)/t13-,14+,15-,16-,17-,18-,21-/m0/s1. The molecular formula is C27H45N7O11. The summed E-state index contributed by atoms with van der Waals surface area (Å²) in [7, 11) is 0. The first kappa shape index (κ1) is 38.7. The minimum absolute atomic E-state index is 0.0724. The Morgan fingerprint density at radius 1 is 0.778 bits per heavy atom. The van der Waals surface area contributed by atoms with E-state index < -0.39 is 103 Å². The second kappa shape index (κ2) is 18.5. The third-order valence-corrected chi connectivity index (χ3v) is 6.85. The first-order valence-corrected chi connectivity index (χ1v) is 14.6. The SMILES string of the molecule is CC(C)C[C@H](NC(=O)[C@H](C)NC(=O)[C@@H](NC(=O)[C@H](CCC(=O)O)NC(=O)[C@@H]1CCCN1)[C@@H](C)O)C(=O)N[C@@H](CC(=O)O)C(N)=O. The maximum absolute atomic E-state index is 13.0. The van der Waals surface area contributed by atoms with Gasteiger partial charge in [0.1, 0.15) is 30.2 Å². The summed E-state index contributed by atoms with van der Waals surface area (Å²) in [6.45, 7) is 6.54.